The highest BCUT2D eigenvalue weighted by molar-refractivity contribution is 5.76. The molecule has 0 heterocycles. The Kier molecular flexibility index (Phi) is 5.46. The van der Waals surface area contributed by atoms with E-state index in [1.54, 1.807) is 0 Å². The van der Waals surface area contributed by atoms with Crippen LogP contribution in [-0.4, -0.2) is 11.6 Å². The monoisotopic (exact) mass is 268 g/mol. The van der Waals surface area contributed by atoms with Gasteiger partial charge in [0.05, 0.1) is 5.41 Å². The molecule has 0 aliphatic heterocycles. The van der Waals surface area contributed by atoms with E-state index in [-0.39, 0.29) is 17.0 Å². The Hall–Kier alpha value is -0.530. The van der Waals surface area contributed by atoms with Gasteiger partial charge >= 0.3 is 5.97 Å². The van der Waals surface area contributed by atoms with Gasteiger partial charge in [0, 0.05) is 0 Å². The van der Waals surface area contributed by atoms with Crippen molar-refractivity contribution in [2.45, 2.75) is 85.7 Å². The molecule has 1 aliphatic carbocycles. The summed E-state index contributed by atoms with van der Waals surface area (Å²) in [6, 6.07) is 0. The number of hydrogen-bond acceptors (Lipinski definition) is 2. The van der Waals surface area contributed by atoms with E-state index in [0.717, 1.165) is 12.8 Å². The highest BCUT2D eigenvalue weighted by Gasteiger charge is 2.46. The van der Waals surface area contributed by atoms with E-state index in [9.17, 15) is 4.79 Å². The van der Waals surface area contributed by atoms with Crippen LogP contribution in [0.3, 0.4) is 0 Å². The lowest BCUT2D eigenvalue weighted by Gasteiger charge is -2.43. The molecule has 1 fully saturated rings. The van der Waals surface area contributed by atoms with E-state index in [0.29, 0.717) is 11.8 Å². The molecular weight excluding hydrogens is 236 g/mol. The normalized spacial score (nSPS) is 20.6. The maximum absolute atomic E-state index is 12.5. The van der Waals surface area contributed by atoms with Crippen LogP contribution in [0.5, 0.6) is 0 Å². The first-order valence-corrected chi connectivity index (χ1v) is 8.03. The summed E-state index contributed by atoms with van der Waals surface area (Å²) in [7, 11) is 0. The molecule has 0 aromatic rings. The van der Waals surface area contributed by atoms with E-state index in [1.165, 1.54) is 25.7 Å². The van der Waals surface area contributed by atoms with Gasteiger partial charge in [-0.05, 0) is 51.4 Å². The zero-order chi connectivity index (χ0) is 14.7. The van der Waals surface area contributed by atoms with Gasteiger partial charge in [0.25, 0.3) is 0 Å². The SMILES string of the molecule is CCC(C)(C)C(=O)OC(CC)(C(C)C)C1CCCC1. The van der Waals surface area contributed by atoms with Crippen LogP contribution in [0.25, 0.3) is 0 Å². The molecular formula is C17H32O2. The highest BCUT2D eigenvalue weighted by atomic mass is 16.6. The smallest absolute Gasteiger partial charge is 0.312 e. The third-order valence-electron chi connectivity index (χ3n) is 5.30. The molecule has 1 saturated carbocycles. The fourth-order valence-electron chi connectivity index (χ4n) is 3.31. The molecule has 1 aliphatic rings. The minimum absolute atomic E-state index is 0.0163. The van der Waals surface area contributed by atoms with Gasteiger partial charge in [-0.25, -0.2) is 0 Å². The van der Waals surface area contributed by atoms with Gasteiger partial charge in [-0.15, -0.1) is 0 Å². The molecule has 0 amide bonds. The van der Waals surface area contributed by atoms with E-state index in [4.69, 9.17) is 4.74 Å². The molecule has 2 heteroatoms. The molecule has 2 nitrogen and oxygen atoms in total. The van der Waals surface area contributed by atoms with Crippen LogP contribution in [-0.2, 0) is 9.53 Å². The van der Waals surface area contributed by atoms with Crippen molar-refractivity contribution < 1.29 is 9.53 Å². The molecule has 0 aromatic carbocycles. The van der Waals surface area contributed by atoms with Crippen molar-refractivity contribution in [1.82, 2.24) is 0 Å². The number of rotatable bonds is 6. The molecule has 1 rings (SSSR count). The Labute approximate surface area is 119 Å². The highest BCUT2D eigenvalue weighted by Crippen LogP contribution is 2.44. The largest absolute Gasteiger partial charge is 0.458 e. The molecule has 0 N–H and O–H groups in total. The summed E-state index contributed by atoms with van der Waals surface area (Å²) in [5.41, 5.74) is -0.617. The van der Waals surface area contributed by atoms with Crippen LogP contribution >= 0.6 is 0 Å². The molecule has 19 heavy (non-hydrogen) atoms. The van der Waals surface area contributed by atoms with Gasteiger partial charge in [0.2, 0.25) is 0 Å². The average molecular weight is 268 g/mol. The minimum Gasteiger partial charge on any atom is -0.458 e. The molecule has 0 bridgehead atoms. The number of carbonyl (C=O) groups is 1. The summed E-state index contributed by atoms with van der Waals surface area (Å²) in [6.07, 6.45) is 6.76. The Morgan fingerprint density at radius 1 is 1.16 bits per heavy atom. The minimum atomic E-state index is -0.367. The zero-order valence-electron chi connectivity index (χ0n) is 13.7. The Morgan fingerprint density at radius 2 is 1.68 bits per heavy atom. The number of ether oxygens (including phenoxy) is 1. The van der Waals surface area contributed by atoms with Crippen molar-refractivity contribution in [3.05, 3.63) is 0 Å². The predicted octanol–water partition coefficient (Wildman–Crippen LogP) is 4.96. The van der Waals surface area contributed by atoms with E-state index in [2.05, 4.69) is 27.7 Å². The summed E-state index contributed by atoms with van der Waals surface area (Å²) < 4.78 is 6.15. The van der Waals surface area contributed by atoms with E-state index >= 15 is 0 Å². The summed E-state index contributed by atoms with van der Waals surface area (Å²) >= 11 is 0. The van der Waals surface area contributed by atoms with E-state index < -0.39 is 0 Å². The van der Waals surface area contributed by atoms with Crippen LogP contribution in [0.1, 0.15) is 80.1 Å². The third kappa shape index (κ3) is 3.32. The predicted molar refractivity (Wildman–Crippen MR) is 80.0 cm³/mol. The van der Waals surface area contributed by atoms with Crippen LogP contribution in [0.15, 0.2) is 0 Å². The zero-order valence-corrected chi connectivity index (χ0v) is 13.7. The summed E-state index contributed by atoms with van der Waals surface area (Å²) in [4.78, 5) is 12.5. The lowest BCUT2D eigenvalue weighted by atomic mass is 9.75. The van der Waals surface area contributed by atoms with Crippen molar-refractivity contribution in [3.63, 3.8) is 0 Å². The summed E-state index contributed by atoms with van der Waals surface area (Å²) in [5.74, 6) is 0.920. The second kappa shape index (κ2) is 6.28. The van der Waals surface area contributed by atoms with E-state index in [1.807, 2.05) is 13.8 Å². The van der Waals surface area contributed by atoms with Crippen molar-refractivity contribution in [2.24, 2.45) is 17.3 Å². The van der Waals surface area contributed by atoms with Gasteiger partial charge in [-0.2, -0.15) is 0 Å². The number of esters is 1. The topological polar surface area (TPSA) is 26.3 Å². The quantitative estimate of drug-likeness (QED) is 0.636. The fourth-order valence-corrected chi connectivity index (χ4v) is 3.31. The molecule has 0 saturated heterocycles. The first-order valence-electron chi connectivity index (χ1n) is 8.03. The van der Waals surface area contributed by atoms with Crippen molar-refractivity contribution in [1.29, 1.82) is 0 Å². The molecule has 0 spiro atoms. The molecule has 0 radical (unpaired) electrons. The van der Waals surface area contributed by atoms with Gasteiger partial charge in [-0.1, -0.05) is 40.5 Å². The van der Waals surface area contributed by atoms with Crippen molar-refractivity contribution >= 4 is 5.97 Å². The van der Waals surface area contributed by atoms with Crippen LogP contribution in [0.4, 0.5) is 0 Å². The molecule has 1 unspecified atom stereocenters. The second-order valence-corrected chi connectivity index (χ2v) is 7.07. The standard InChI is InChI=1S/C17H32O2/c1-7-16(5,6)15(18)19-17(8-2,13(3)4)14-11-9-10-12-14/h13-14H,7-12H2,1-6H3. The maximum atomic E-state index is 12.5. The molecule has 112 valence electrons. The van der Waals surface area contributed by atoms with Gasteiger partial charge in [0.15, 0.2) is 0 Å². The van der Waals surface area contributed by atoms with Gasteiger partial charge in [-0.3, -0.25) is 4.79 Å². The van der Waals surface area contributed by atoms with Gasteiger partial charge in [0.1, 0.15) is 5.60 Å². The van der Waals surface area contributed by atoms with Crippen LogP contribution < -0.4 is 0 Å². The second-order valence-electron chi connectivity index (χ2n) is 7.07. The lowest BCUT2D eigenvalue weighted by molar-refractivity contribution is -0.185. The average Bonchev–Trinajstić information content (AvgIpc) is 2.89. The Bertz CT molecular complexity index is 300. The van der Waals surface area contributed by atoms with Gasteiger partial charge < -0.3 is 4.74 Å². The number of carbonyl (C=O) groups excluding carboxylic acids is 1. The number of hydrogen-bond donors (Lipinski definition) is 0. The first-order chi connectivity index (χ1) is 8.80. The van der Waals surface area contributed by atoms with Crippen LogP contribution in [0.2, 0.25) is 0 Å². The molecule has 1 atom stereocenters. The Balaban J connectivity index is 2.94. The summed E-state index contributed by atoms with van der Waals surface area (Å²) in [6.45, 7) is 12.6. The Morgan fingerprint density at radius 3 is 2.05 bits per heavy atom. The van der Waals surface area contributed by atoms with Crippen LogP contribution in [0, 0.1) is 17.3 Å². The molecule has 0 aromatic heterocycles. The third-order valence-corrected chi connectivity index (χ3v) is 5.30. The summed E-state index contributed by atoms with van der Waals surface area (Å²) in [5, 5.41) is 0. The first kappa shape index (κ1) is 16.5. The lowest BCUT2D eigenvalue weighted by Crippen LogP contribution is -2.48. The fraction of sp³-hybridized carbons (Fsp3) is 0.941. The van der Waals surface area contributed by atoms with Crippen molar-refractivity contribution in [3.8, 4) is 0 Å². The maximum Gasteiger partial charge on any atom is 0.312 e. The van der Waals surface area contributed by atoms with Crippen molar-refractivity contribution in [2.75, 3.05) is 0 Å².